The predicted octanol–water partition coefficient (Wildman–Crippen LogP) is 4.51. The maximum absolute atomic E-state index is 12.3. The summed E-state index contributed by atoms with van der Waals surface area (Å²) in [5, 5.41) is 2.77. The Morgan fingerprint density at radius 1 is 1.04 bits per heavy atom. The number of hydrogen-bond acceptors (Lipinski definition) is 3. The zero-order valence-corrected chi connectivity index (χ0v) is 17.5. The van der Waals surface area contributed by atoms with E-state index >= 15 is 0 Å². The van der Waals surface area contributed by atoms with Crippen LogP contribution in [-0.4, -0.2) is 36.4 Å². The highest BCUT2D eigenvalue weighted by Gasteiger charge is 2.12. The van der Waals surface area contributed by atoms with Gasteiger partial charge in [0.1, 0.15) is 5.75 Å². The molecule has 144 valence electrons. The number of nitrogens with one attached hydrogen (secondary N) is 1. The molecule has 0 aliphatic heterocycles. The van der Waals surface area contributed by atoms with Gasteiger partial charge in [-0.2, -0.15) is 0 Å². The fraction of sp³-hybridized carbons (Fsp3) is 0.333. The number of benzene rings is 2. The van der Waals surface area contributed by atoms with E-state index in [2.05, 4.69) is 28.2 Å². The molecule has 0 aliphatic rings. The number of halogens is 1. The molecule has 2 amide bonds. The molecule has 0 fully saturated rings. The molecule has 2 aromatic rings. The fourth-order valence-corrected chi connectivity index (χ4v) is 3.15. The first-order valence-electron chi connectivity index (χ1n) is 9.08. The topological polar surface area (TPSA) is 58.6 Å². The molecule has 2 rings (SSSR count). The van der Waals surface area contributed by atoms with Crippen LogP contribution in [0.5, 0.6) is 5.75 Å². The van der Waals surface area contributed by atoms with Crippen LogP contribution in [0.25, 0.3) is 0 Å². The lowest BCUT2D eigenvalue weighted by Gasteiger charge is -2.18. The molecule has 0 atom stereocenters. The molecule has 0 unspecified atom stereocenters. The Bertz CT molecular complexity index is 787. The third-order valence-electron chi connectivity index (χ3n) is 4.23. The lowest BCUT2D eigenvalue weighted by Crippen LogP contribution is -2.30. The minimum atomic E-state index is -0.260. The van der Waals surface area contributed by atoms with Crippen LogP contribution in [0.3, 0.4) is 0 Å². The van der Waals surface area contributed by atoms with Crippen molar-refractivity contribution in [3.8, 4) is 5.75 Å². The Hall–Kier alpha value is -2.34. The van der Waals surface area contributed by atoms with Crippen LogP contribution >= 0.6 is 15.9 Å². The number of rotatable bonds is 8. The molecule has 0 radical (unpaired) electrons. The first kappa shape index (κ1) is 21.0. The Labute approximate surface area is 168 Å². The average molecular weight is 433 g/mol. The zero-order valence-electron chi connectivity index (χ0n) is 15.9. The second-order valence-corrected chi connectivity index (χ2v) is 6.86. The van der Waals surface area contributed by atoms with E-state index in [1.807, 2.05) is 32.0 Å². The van der Waals surface area contributed by atoms with E-state index in [1.54, 1.807) is 29.2 Å². The second-order valence-electron chi connectivity index (χ2n) is 6.01. The maximum Gasteiger partial charge on any atom is 0.262 e. The number of aryl methyl sites for hydroxylation is 1. The Kier molecular flexibility index (Phi) is 7.85. The number of nitrogens with zero attached hydrogens (tertiary/aromatic N) is 1. The van der Waals surface area contributed by atoms with Gasteiger partial charge in [0.2, 0.25) is 0 Å². The SMILES string of the molecule is CCc1ccc(OCC(=O)Nc2ccc(C(=O)N(CC)CC)cc2)c(Br)c1. The van der Waals surface area contributed by atoms with Crippen molar-refractivity contribution in [3.05, 3.63) is 58.1 Å². The molecule has 27 heavy (non-hydrogen) atoms. The summed E-state index contributed by atoms with van der Waals surface area (Å²) in [6.07, 6.45) is 0.937. The van der Waals surface area contributed by atoms with Crippen molar-refractivity contribution < 1.29 is 14.3 Å². The average Bonchev–Trinajstić information content (AvgIpc) is 2.68. The summed E-state index contributed by atoms with van der Waals surface area (Å²) >= 11 is 3.46. The molecule has 0 heterocycles. The molecule has 0 aromatic heterocycles. The highest BCUT2D eigenvalue weighted by atomic mass is 79.9. The summed E-state index contributed by atoms with van der Waals surface area (Å²) in [6, 6.07) is 12.7. The van der Waals surface area contributed by atoms with Gasteiger partial charge < -0.3 is 15.0 Å². The fourth-order valence-electron chi connectivity index (χ4n) is 2.61. The van der Waals surface area contributed by atoms with Gasteiger partial charge in [0.15, 0.2) is 6.61 Å². The third-order valence-corrected chi connectivity index (χ3v) is 4.85. The van der Waals surface area contributed by atoms with Gasteiger partial charge in [0.25, 0.3) is 11.8 Å². The molecule has 0 saturated heterocycles. The van der Waals surface area contributed by atoms with Crippen LogP contribution in [0.4, 0.5) is 5.69 Å². The third kappa shape index (κ3) is 5.82. The summed E-state index contributed by atoms with van der Waals surface area (Å²) < 4.78 is 6.40. The van der Waals surface area contributed by atoms with E-state index in [0.717, 1.165) is 10.9 Å². The van der Waals surface area contributed by atoms with Crippen molar-refractivity contribution >= 4 is 33.4 Å². The van der Waals surface area contributed by atoms with Crippen LogP contribution in [0.1, 0.15) is 36.7 Å². The normalized spacial score (nSPS) is 10.4. The molecule has 6 heteroatoms. The van der Waals surface area contributed by atoms with Crippen molar-refractivity contribution in [2.45, 2.75) is 27.2 Å². The standard InChI is InChI=1S/C21H25BrN2O3/c1-4-15-7-12-19(18(22)13-15)27-14-20(25)23-17-10-8-16(9-11-17)21(26)24(5-2)6-3/h7-13H,4-6,14H2,1-3H3,(H,23,25). The van der Waals surface area contributed by atoms with Crippen molar-refractivity contribution in [3.63, 3.8) is 0 Å². The molecule has 1 N–H and O–H groups in total. The van der Waals surface area contributed by atoms with E-state index in [4.69, 9.17) is 4.74 Å². The van der Waals surface area contributed by atoms with Crippen LogP contribution < -0.4 is 10.1 Å². The second kappa shape index (κ2) is 10.1. The number of carbonyl (C=O) groups is 2. The van der Waals surface area contributed by atoms with E-state index in [0.29, 0.717) is 30.1 Å². The number of ether oxygens (including phenoxy) is 1. The van der Waals surface area contributed by atoms with E-state index < -0.39 is 0 Å². The monoisotopic (exact) mass is 432 g/mol. The Morgan fingerprint density at radius 3 is 2.26 bits per heavy atom. The quantitative estimate of drug-likeness (QED) is 0.667. The van der Waals surface area contributed by atoms with Gasteiger partial charge in [-0.05, 0) is 78.2 Å². The Balaban J connectivity index is 1.91. The molecule has 0 aliphatic carbocycles. The molecule has 5 nitrogen and oxygen atoms in total. The van der Waals surface area contributed by atoms with Gasteiger partial charge in [-0.3, -0.25) is 9.59 Å². The predicted molar refractivity (Wildman–Crippen MR) is 111 cm³/mol. The highest BCUT2D eigenvalue weighted by Crippen LogP contribution is 2.26. The smallest absolute Gasteiger partial charge is 0.262 e. The largest absolute Gasteiger partial charge is 0.483 e. The van der Waals surface area contributed by atoms with Crippen molar-refractivity contribution in [1.82, 2.24) is 4.90 Å². The van der Waals surface area contributed by atoms with Crippen LogP contribution in [0.2, 0.25) is 0 Å². The molecular formula is C21H25BrN2O3. The van der Waals surface area contributed by atoms with Crippen molar-refractivity contribution in [1.29, 1.82) is 0 Å². The van der Waals surface area contributed by atoms with Gasteiger partial charge in [-0.25, -0.2) is 0 Å². The zero-order chi connectivity index (χ0) is 19.8. The number of anilines is 1. The van der Waals surface area contributed by atoms with Gasteiger partial charge in [-0.1, -0.05) is 13.0 Å². The summed E-state index contributed by atoms with van der Waals surface area (Å²) in [6.45, 7) is 7.22. The maximum atomic E-state index is 12.3. The highest BCUT2D eigenvalue weighted by molar-refractivity contribution is 9.10. The molecule has 0 saturated carbocycles. The lowest BCUT2D eigenvalue weighted by atomic mass is 10.1. The van der Waals surface area contributed by atoms with Crippen molar-refractivity contribution in [2.75, 3.05) is 25.0 Å². The first-order valence-corrected chi connectivity index (χ1v) is 9.88. The van der Waals surface area contributed by atoms with Gasteiger partial charge in [-0.15, -0.1) is 0 Å². The number of carbonyl (C=O) groups excluding carboxylic acids is 2. The molecule has 0 spiro atoms. The van der Waals surface area contributed by atoms with Gasteiger partial charge >= 0.3 is 0 Å². The van der Waals surface area contributed by atoms with Crippen molar-refractivity contribution in [2.24, 2.45) is 0 Å². The van der Waals surface area contributed by atoms with Crippen LogP contribution in [0, 0.1) is 0 Å². The minimum absolute atomic E-state index is 0.0124. The molecule has 2 aromatic carbocycles. The molecular weight excluding hydrogens is 408 g/mol. The first-order chi connectivity index (χ1) is 13.0. The van der Waals surface area contributed by atoms with E-state index in [-0.39, 0.29) is 18.4 Å². The van der Waals surface area contributed by atoms with Crippen LogP contribution in [0.15, 0.2) is 46.9 Å². The summed E-state index contributed by atoms with van der Waals surface area (Å²) in [5.74, 6) is 0.355. The molecule has 0 bridgehead atoms. The van der Waals surface area contributed by atoms with E-state index in [1.165, 1.54) is 5.56 Å². The van der Waals surface area contributed by atoms with Gasteiger partial charge in [0, 0.05) is 24.3 Å². The minimum Gasteiger partial charge on any atom is -0.483 e. The van der Waals surface area contributed by atoms with Crippen LogP contribution in [-0.2, 0) is 11.2 Å². The van der Waals surface area contributed by atoms with Gasteiger partial charge in [0.05, 0.1) is 4.47 Å². The number of amides is 2. The number of hydrogen-bond donors (Lipinski definition) is 1. The van der Waals surface area contributed by atoms with E-state index in [9.17, 15) is 9.59 Å². The summed E-state index contributed by atoms with van der Waals surface area (Å²) in [5.41, 5.74) is 2.42. The lowest BCUT2D eigenvalue weighted by molar-refractivity contribution is -0.118. The Morgan fingerprint density at radius 2 is 1.70 bits per heavy atom. The summed E-state index contributed by atoms with van der Waals surface area (Å²) in [7, 11) is 0. The summed E-state index contributed by atoms with van der Waals surface area (Å²) in [4.78, 5) is 26.2.